The van der Waals surface area contributed by atoms with E-state index in [1.165, 1.54) is 18.7 Å². The van der Waals surface area contributed by atoms with Gasteiger partial charge >= 0.3 is 0 Å². The van der Waals surface area contributed by atoms with Crippen LogP contribution in [0.3, 0.4) is 0 Å². The molecule has 58 valence electrons. The van der Waals surface area contributed by atoms with Crippen molar-refractivity contribution < 1.29 is 0 Å². The molecular weight excluding hydrogens is 155 g/mol. The first-order chi connectivity index (χ1) is 4.61. The molecular formula is C8H17PSi. The summed E-state index contributed by atoms with van der Waals surface area (Å²) in [6, 6.07) is 0. The maximum atomic E-state index is 2.51. The van der Waals surface area contributed by atoms with Crippen molar-refractivity contribution in [2.75, 3.05) is 12.3 Å². The molecule has 0 aliphatic carbocycles. The molecule has 1 unspecified atom stereocenters. The van der Waals surface area contributed by atoms with Gasteiger partial charge in [0, 0.05) is 0 Å². The van der Waals surface area contributed by atoms with Crippen LogP contribution in [0.4, 0.5) is 0 Å². The maximum absolute atomic E-state index is 2.51. The van der Waals surface area contributed by atoms with Gasteiger partial charge in [-0.3, -0.25) is 0 Å². The molecule has 0 aromatic carbocycles. The van der Waals surface area contributed by atoms with Crippen LogP contribution >= 0.6 is 7.47 Å². The zero-order chi connectivity index (χ0) is 7.61. The Hall–Kier alpha value is 0.387. The van der Waals surface area contributed by atoms with E-state index >= 15 is 0 Å². The molecule has 0 nitrogen and oxygen atoms in total. The van der Waals surface area contributed by atoms with Crippen LogP contribution in [0.2, 0.25) is 19.6 Å². The van der Waals surface area contributed by atoms with Gasteiger partial charge in [0.2, 0.25) is 0 Å². The molecule has 0 aromatic heterocycles. The summed E-state index contributed by atoms with van der Waals surface area (Å²) in [5.41, 5.74) is 0. The van der Waals surface area contributed by atoms with E-state index in [2.05, 4.69) is 31.8 Å². The van der Waals surface area contributed by atoms with Gasteiger partial charge < -0.3 is 0 Å². The van der Waals surface area contributed by atoms with E-state index in [1.807, 2.05) is 0 Å². The Bertz CT molecular complexity index is 135. The molecule has 1 atom stereocenters. The zero-order valence-electron chi connectivity index (χ0n) is 7.22. The van der Waals surface area contributed by atoms with Gasteiger partial charge in [-0.15, -0.1) is 7.47 Å². The normalized spacial score (nSPS) is 26.9. The van der Waals surface area contributed by atoms with Crippen LogP contribution in [0.5, 0.6) is 0 Å². The monoisotopic (exact) mass is 172 g/mol. The van der Waals surface area contributed by atoms with Crippen LogP contribution in [-0.4, -0.2) is 20.1 Å². The Morgan fingerprint density at radius 2 is 1.90 bits per heavy atom. The van der Waals surface area contributed by atoms with Crippen LogP contribution < -0.4 is 0 Å². The third kappa shape index (κ3) is 2.21. The summed E-state index contributed by atoms with van der Waals surface area (Å²) >= 11 is 0. The second kappa shape index (κ2) is 3.19. The molecule has 0 saturated carbocycles. The summed E-state index contributed by atoms with van der Waals surface area (Å²) < 4.78 is 0. The summed E-state index contributed by atoms with van der Waals surface area (Å²) in [5.74, 6) is 0. The molecule has 0 saturated heterocycles. The highest BCUT2D eigenvalue weighted by Gasteiger charge is 2.25. The molecule has 0 N–H and O–H groups in total. The summed E-state index contributed by atoms with van der Waals surface area (Å²) in [5, 5.41) is 0. The van der Waals surface area contributed by atoms with Gasteiger partial charge in [0.1, 0.15) is 0 Å². The van der Waals surface area contributed by atoms with Crippen LogP contribution in [-0.2, 0) is 0 Å². The first-order valence-corrected chi connectivity index (χ1v) is 10.1. The lowest BCUT2D eigenvalue weighted by molar-refractivity contribution is 1.20. The van der Waals surface area contributed by atoms with Crippen LogP contribution in [0.15, 0.2) is 12.2 Å². The lowest BCUT2D eigenvalue weighted by Crippen LogP contribution is -2.21. The number of hydrogen-bond donors (Lipinski definition) is 0. The standard InChI is InChI=1S/C8H17PSi/c1-10(2,3)9-7-5-4-6-8-9/h4-5H,6-8H2,1-3H3. The molecule has 1 rings (SSSR count). The lowest BCUT2D eigenvalue weighted by Gasteiger charge is -2.30. The first-order valence-electron chi connectivity index (χ1n) is 4.01. The van der Waals surface area contributed by atoms with E-state index in [-0.39, 0.29) is 0 Å². The minimum absolute atomic E-state index is 0.439. The number of hydrogen-bond acceptors (Lipinski definition) is 0. The molecule has 0 fully saturated rings. The van der Waals surface area contributed by atoms with Crippen molar-refractivity contribution in [2.45, 2.75) is 26.1 Å². The predicted molar refractivity (Wildman–Crippen MR) is 53.8 cm³/mol. The zero-order valence-corrected chi connectivity index (χ0v) is 9.12. The highest BCUT2D eigenvalue weighted by atomic mass is 31.4. The molecule has 1 heterocycles. The molecule has 0 radical (unpaired) electrons. The van der Waals surface area contributed by atoms with Gasteiger partial charge in [-0.25, -0.2) is 0 Å². The van der Waals surface area contributed by atoms with Gasteiger partial charge in [0.05, 0.1) is 7.74 Å². The smallest absolute Gasteiger partial charge is 0.0723 e. The fourth-order valence-electron chi connectivity index (χ4n) is 1.25. The number of rotatable bonds is 1. The maximum Gasteiger partial charge on any atom is 0.0723 e. The second-order valence-corrected chi connectivity index (χ2v) is 16.0. The fourth-order valence-corrected chi connectivity index (χ4v) is 7.88. The average molecular weight is 172 g/mol. The van der Waals surface area contributed by atoms with Crippen molar-refractivity contribution in [2.24, 2.45) is 0 Å². The highest BCUT2D eigenvalue weighted by molar-refractivity contribution is 7.94. The van der Waals surface area contributed by atoms with Crippen molar-refractivity contribution in [3.8, 4) is 0 Å². The fraction of sp³-hybridized carbons (Fsp3) is 0.750. The second-order valence-electron chi connectivity index (χ2n) is 3.88. The topological polar surface area (TPSA) is 0 Å². The Labute approximate surface area is 66.3 Å². The Balaban J connectivity index is 2.49. The molecule has 0 bridgehead atoms. The minimum atomic E-state index is -0.743. The first kappa shape index (κ1) is 8.48. The highest BCUT2D eigenvalue weighted by Crippen LogP contribution is 2.48. The van der Waals surface area contributed by atoms with E-state index in [0.717, 1.165) is 0 Å². The number of allylic oxidation sites excluding steroid dienone is 2. The SMILES string of the molecule is C[Si](C)(C)P1CC=CCC1. The molecule has 0 aromatic rings. The lowest BCUT2D eigenvalue weighted by atomic mass is 10.4. The predicted octanol–water partition coefficient (Wildman–Crippen LogP) is 3.26. The third-order valence-corrected chi connectivity index (χ3v) is 12.3. The Morgan fingerprint density at radius 3 is 2.20 bits per heavy atom. The van der Waals surface area contributed by atoms with Crippen molar-refractivity contribution >= 4 is 15.2 Å². The van der Waals surface area contributed by atoms with Crippen molar-refractivity contribution in [3.63, 3.8) is 0 Å². The summed E-state index contributed by atoms with van der Waals surface area (Å²) in [7, 11) is -0.304. The minimum Gasteiger partial charge on any atom is -0.115 e. The third-order valence-electron chi connectivity index (χ3n) is 2.01. The quantitative estimate of drug-likeness (QED) is 0.323. The van der Waals surface area contributed by atoms with Crippen LogP contribution in [0, 0.1) is 0 Å². The van der Waals surface area contributed by atoms with Crippen molar-refractivity contribution in [3.05, 3.63) is 12.2 Å². The van der Waals surface area contributed by atoms with Crippen molar-refractivity contribution in [1.29, 1.82) is 0 Å². The van der Waals surface area contributed by atoms with E-state index in [4.69, 9.17) is 0 Å². The van der Waals surface area contributed by atoms with Gasteiger partial charge in [-0.2, -0.15) is 0 Å². The Kier molecular flexibility index (Phi) is 2.71. The van der Waals surface area contributed by atoms with Gasteiger partial charge in [-0.05, 0) is 18.7 Å². The average Bonchev–Trinajstić information content (AvgIpc) is 1.88. The Morgan fingerprint density at radius 1 is 1.20 bits per heavy atom. The molecule has 0 spiro atoms. The van der Waals surface area contributed by atoms with E-state index in [1.54, 1.807) is 0 Å². The molecule has 1 aliphatic rings. The molecule has 1 aliphatic heterocycles. The summed E-state index contributed by atoms with van der Waals surface area (Å²) in [6.07, 6.45) is 9.04. The summed E-state index contributed by atoms with van der Waals surface area (Å²) in [4.78, 5) is 0. The van der Waals surface area contributed by atoms with Gasteiger partial charge in [0.15, 0.2) is 0 Å². The van der Waals surface area contributed by atoms with Gasteiger partial charge in [0.25, 0.3) is 0 Å². The van der Waals surface area contributed by atoms with E-state index < -0.39 is 7.74 Å². The largest absolute Gasteiger partial charge is 0.115 e. The summed E-state index contributed by atoms with van der Waals surface area (Å²) in [6.45, 7) is 7.54. The van der Waals surface area contributed by atoms with Crippen LogP contribution in [0.1, 0.15) is 6.42 Å². The van der Waals surface area contributed by atoms with Gasteiger partial charge in [-0.1, -0.05) is 31.8 Å². The molecule has 10 heavy (non-hydrogen) atoms. The van der Waals surface area contributed by atoms with Crippen molar-refractivity contribution in [1.82, 2.24) is 0 Å². The molecule has 0 amide bonds. The molecule has 2 heteroatoms. The van der Waals surface area contributed by atoms with E-state index in [0.29, 0.717) is 7.47 Å². The van der Waals surface area contributed by atoms with E-state index in [9.17, 15) is 0 Å². The van der Waals surface area contributed by atoms with Crippen LogP contribution in [0.25, 0.3) is 0 Å².